The summed E-state index contributed by atoms with van der Waals surface area (Å²) in [6.45, 7) is 4.46. The molecule has 3 amide bonds. The van der Waals surface area contributed by atoms with Crippen molar-refractivity contribution in [2.24, 2.45) is 5.92 Å². The van der Waals surface area contributed by atoms with Crippen LogP contribution < -0.4 is 15.1 Å². The van der Waals surface area contributed by atoms with Crippen LogP contribution in [-0.4, -0.2) is 72.1 Å². The van der Waals surface area contributed by atoms with Gasteiger partial charge in [-0.1, -0.05) is 11.3 Å². The van der Waals surface area contributed by atoms with E-state index in [2.05, 4.69) is 20.4 Å². The van der Waals surface area contributed by atoms with Gasteiger partial charge in [-0.25, -0.2) is 0 Å². The highest BCUT2D eigenvalue weighted by Crippen LogP contribution is 2.31. The van der Waals surface area contributed by atoms with Gasteiger partial charge in [-0.3, -0.25) is 19.3 Å². The number of piperidine rings is 2. The Bertz CT molecular complexity index is 776. The summed E-state index contributed by atoms with van der Waals surface area (Å²) in [7, 11) is 0. The van der Waals surface area contributed by atoms with E-state index in [1.165, 1.54) is 11.3 Å². The molecule has 30 heavy (non-hydrogen) atoms. The van der Waals surface area contributed by atoms with Crippen LogP contribution in [0.15, 0.2) is 0 Å². The minimum atomic E-state index is 0.0192. The van der Waals surface area contributed by atoms with E-state index < -0.39 is 0 Å². The second kappa shape index (κ2) is 9.72. The molecule has 1 N–H and O–H groups in total. The molecule has 0 unspecified atom stereocenters. The lowest BCUT2D eigenvalue weighted by Crippen LogP contribution is -2.41. The van der Waals surface area contributed by atoms with Crippen molar-refractivity contribution in [3.8, 4) is 0 Å². The molecule has 10 heteroatoms. The summed E-state index contributed by atoms with van der Waals surface area (Å²) in [4.78, 5) is 42.0. The molecule has 3 aliphatic heterocycles. The van der Waals surface area contributed by atoms with Crippen molar-refractivity contribution in [3.05, 3.63) is 0 Å². The number of hydrogen-bond donors (Lipinski definition) is 1. The van der Waals surface area contributed by atoms with Gasteiger partial charge in [-0.2, -0.15) is 0 Å². The molecule has 3 fully saturated rings. The largest absolute Gasteiger partial charge is 0.356 e. The van der Waals surface area contributed by atoms with Crippen LogP contribution in [0.1, 0.15) is 51.4 Å². The molecule has 0 radical (unpaired) electrons. The summed E-state index contributed by atoms with van der Waals surface area (Å²) in [6.07, 6.45) is 6.54. The molecule has 1 aromatic heterocycles. The predicted molar refractivity (Wildman–Crippen MR) is 114 cm³/mol. The summed E-state index contributed by atoms with van der Waals surface area (Å²) >= 11 is 1.46. The lowest BCUT2D eigenvalue weighted by atomic mass is 9.96. The van der Waals surface area contributed by atoms with Gasteiger partial charge in [0.1, 0.15) is 0 Å². The Balaban J connectivity index is 1.19. The van der Waals surface area contributed by atoms with E-state index in [1.54, 1.807) is 4.90 Å². The minimum absolute atomic E-state index is 0.0192. The normalized spacial score (nSPS) is 20.9. The van der Waals surface area contributed by atoms with Gasteiger partial charge < -0.3 is 15.1 Å². The molecule has 4 heterocycles. The number of carbonyl (C=O) groups excluding carboxylic acids is 3. The van der Waals surface area contributed by atoms with Crippen LogP contribution in [0, 0.1) is 5.92 Å². The molecule has 3 saturated heterocycles. The first-order valence-corrected chi connectivity index (χ1v) is 11.9. The average molecular weight is 435 g/mol. The van der Waals surface area contributed by atoms with Crippen LogP contribution in [0.3, 0.4) is 0 Å². The van der Waals surface area contributed by atoms with Gasteiger partial charge >= 0.3 is 0 Å². The van der Waals surface area contributed by atoms with Crippen LogP contribution >= 0.6 is 11.3 Å². The molecule has 0 atom stereocenters. The number of nitrogens with zero attached hydrogens (tertiary/aromatic N) is 5. The molecular weight excluding hydrogens is 404 g/mol. The Labute approximate surface area is 180 Å². The number of amides is 3. The number of rotatable bonds is 7. The van der Waals surface area contributed by atoms with Crippen LogP contribution in [0.2, 0.25) is 0 Å². The van der Waals surface area contributed by atoms with Crippen LogP contribution in [0.4, 0.5) is 10.3 Å². The number of anilines is 2. The first kappa shape index (κ1) is 21.0. The number of carbonyl (C=O) groups is 3. The lowest BCUT2D eigenvalue weighted by molar-refractivity contribution is -0.127. The fourth-order valence-electron chi connectivity index (χ4n) is 4.35. The average Bonchev–Trinajstić information content (AvgIpc) is 3.41. The maximum atomic E-state index is 12.5. The summed E-state index contributed by atoms with van der Waals surface area (Å²) in [5, 5.41) is 13.1. The number of nitrogens with one attached hydrogen (secondary N) is 1. The van der Waals surface area contributed by atoms with Crippen LogP contribution in [-0.2, 0) is 14.4 Å². The fraction of sp³-hybridized carbons (Fsp3) is 0.750. The quantitative estimate of drug-likeness (QED) is 0.652. The summed E-state index contributed by atoms with van der Waals surface area (Å²) in [6, 6.07) is 0. The predicted octanol–water partition coefficient (Wildman–Crippen LogP) is 1.40. The third-order valence-electron chi connectivity index (χ3n) is 6.17. The Morgan fingerprint density at radius 3 is 2.47 bits per heavy atom. The van der Waals surface area contributed by atoms with Crippen molar-refractivity contribution in [1.29, 1.82) is 0 Å². The molecule has 0 aliphatic carbocycles. The maximum absolute atomic E-state index is 12.5. The molecule has 0 saturated carbocycles. The van der Waals surface area contributed by atoms with Gasteiger partial charge in [0.05, 0.1) is 0 Å². The highest BCUT2D eigenvalue weighted by molar-refractivity contribution is 7.19. The van der Waals surface area contributed by atoms with E-state index in [1.807, 2.05) is 4.90 Å². The Morgan fingerprint density at radius 1 is 0.967 bits per heavy atom. The Kier molecular flexibility index (Phi) is 6.81. The van der Waals surface area contributed by atoms with Crippen LogP contribution in [0.5, 0.6) is 0 Å². The first-order chi connectivity index (χ1) is 14.6. The zero-order valence-corrected chi connectivity index (χ0v) is 18.2. The highest BCUT2D eigenvalue weighted by atomic mass is 32.1. The van der Waals surface area contributed by atoms with Crippen molar-refractivity contribution in [2.45, 2.75) is 51.4 Å². The lowest BCUT2D eigenvalue weighted by Gasteiger charge is -2.30. The van der Waals surface area contributed by atoms with E-state index in [9.17, 15) is 14.4 Å². The molecule has 0 aromatic carbocycles. The number of aromatic nitrogens is 2. The summed E-state index contributed by atoms with van der Waals surface area (Å²) in [5.41, 5.74) is 0. The molecule has 0 bridgehead atoms. The highest BCUT2D eigenvalue weighted by Gasteiger charge is 2.28. The summed E-state index contributed by atoms with van der Waals surface area (Å²) < 4.78 is 0. The van der Waals surface area contributed by atoms with Crippen molar-refractivity contribution in [3.63, 3.8) is 0 Å². The van der Waals surface area contributed by atoms with Crippen molar-refractivity contribution < 1.29 is 14.4 Å². The van der Waals surface area contributed by atoms with Gasteiger partial charge in [0.15, 0.2) is 0 Å². The monoisotopic (exact) mass is 434 g/mol. The Hall–Kier alpha value is -2.23. The Morgan fingerprint density at radius 2 is 1.73 bits per heavy atom. The standard InChI is InChI=1S/C20H30N6O3S/c27-16-6-3-10-24(16)11-4-9-21-18(29)15-7-13-25(14-8-15)19-22-23-20(30-19)26-12-2-1-5-17(26)28/h15H,1-14H2,(H,21,29). The SMILES string of the molecule is O=C(NCCCN1CCCC1=O)C1CCN(c2nnc(N3CCCCC3=O)s2)CC1. The first-order valence-electron chi connectivity index (χ1n) is 11.1. The molecule has 0 spiro atoms. The van der Waals surface area contributed by atoms with Crippen LogP contribution in [0.25, 0.3) is 0 Å². The van der Waals surface area contributed by atoms with Crippen molar-refractivity contribution >= 4 is 39.3 Å². The number of likely N-dealkylation sites (tertiary alicyclic amines) is 1. The second-order valence-corrected chi connectivity index (χ2v) is 9.19. The van der Waals surface area contributed by atoms with E-state index >= 15 is 0 Å². The topological polar surface area (TPSA) is 98.7 Å². The van der Waals surface area contributed by atoms with Gasteiger partial charge in [-0.15, -0.1) is 10.2 Å². The van der Waals surface area contributed by atoms with E-state index in [4.69, 9.17) is 0 Å². The fourth-order valence-corrected chi connectivity index (χ4v) is 5.29. The third-order valence-corrected chi connectivity index (χ3v) is 7.18. The van der Waals surface area contributed by atoms with Gasteiger partial charge in [0, 0.05) is 58.0 Å². The van der Waals surface area contributed by atoms with Crippen molar-refractivity contribution in [2.75, 3.05) is 49.1 Å². The zero-order chi connectivity index (χ0) is 20.9. The van der Waals surface area contributed by atoms with Gasteiger partial charge in [-0.05, 0) is 38.5 Å². The smallest absolute Gasteiger partial charge is 0.228 e. The molecule has 9 nitrogen and oxygen atoms in total. The molecule has 3 aliphatic rings. The third kappa shape index (κ3) is 4.91. The van der Waals surface area contributed by atoms with E-state index in [0.717, 1.165) is 76.4 Å². The minimum Gasteiger partial charge on any atom is -0.356 e. The second-order valence-electron chi connectivity index (χ2n) is 8.26. The van der Waals surface area contributed by atoms with Gasteiger partial charge in [0.25, 0.3) is 0 Å². The zero-order valence-electron chi connectivity index (χ0n) is 17.3. The van der Waals surface area contributed by atoms with Crippen molar-refractivity contribution in [1.82, 2.24) is 20.4 Å². The number of hydrogen-bond acceptors (Lipinski definition) is 7. The van der Waals surface area contributed by atoms with Gasteiger partial charge in [0.2, 0.25) is 28.0 Å². The molecule has 1 aromatic rings. The maximum Gasteiger partial charge on any atom is 0.228 e. The summed E-state index contributed by atoms with van der Waals surface area (Å²) in [5.74, 6) is 0.497. The molecule has 4 rings (SSSR count). The molecular formula is C20H30N6O3S. The van der Waals surface area contributed by atoms with E-state index in [-0.39, 0.29) is 23.6 Å². The molecule has 164 valence electrons. The van der Waals surface area contributed by atoms with E-state index in [0.29, 0.717) is 24.5 Å².